The topological polar surface area (TPSA) is 152 Å². The minimum Gasteiger partial charge on any atom is -0.462 e. The molecule has 360 valence electrons. The van der Waals surface area contributed by atoms with E-state index in [4.69, 9.17) is 18.9 Å². The van der Waals surface area contributed by atoms with Crippen LogP contribution in [0.2, 0.25) is 0 Å². The summed E-state index contributed by atoms with van der Waals surface area (Å²) in [5, 5.41) is 40.1. The van der Waals surface area contributed by atoms with Crippen molar-refractivity contribution in [2.45, 2.75) is 218 Å². The molecule has 2 unspecified atom stereocenters. The maximum Gasteiger partial charge on any atom is 0.306 e. The van der Waals surface area contributed by atoms with Crippen molar-refractivity contribution in [1.29, 1.82) is 0 Å². The van der Waals surface area contributed by atoms with Crippen molar-refractivity contribution in [3.05, 3.63) is 85.1 Å². The number of esters is 2. The quantitative estimate of drug-likeness (QED) is 0.0266. The van der Waals surface area contributed by atoms with Crippen LogP contribution in [-0.4, -0.2) is 89.0 Å². The molecular formula is C53H88O10. The second-order valence-corrected chi connectivity index (χ2v) is 16.6. The Kier molecular flexibility index (Phi) is 39.3. The molecule has 0 aliphatic carbocycles. The molecule has 10 heteroatoms. The maximum absolute atomic E-state index is 12.8. The van der Waals surface area contributed by atoms with E-state index < -0.39 is 55.4 Å². The molecule has 4 N–H and O–H groups in total. The van der Waals surface area contributed by atoms with E-state index in [-0.39, 0.29) is 26.1 Å². The first kappa shape index (κ1) is 57.9. The van der Waals surface area contributed by atoms with Gasteiger partial charge in [-0.2, -0.15) is 0 Å². The number of aliphatic hydroxyl groups is 4. The fourth-order valence-corrected chi connectivity index (χ4v) is 6.84. The Morgan fingerprint density at radius 2 is 0.889 bits per heavy atom. The summed E-state index contributed by atoms with van der Waals surface area (Å²) < 4.78 is 22.1. The number of hydrogen-bond donors (Lipinski definition) is 4. The molecule has 0 amide bonds. The van der Waals surface area contributed by atoms with Crippen LogP contribution in [-0.2, 0) is 28.5 Å². The summed E-state index contributed by atoms with van der Waals surface area (Å²) in [6.07, 6.45) is 48.9. The highest BCUT2D eigenvalue weighted by Crippen LogP contribution is 2.22. The Morgan fingerprint density at radius 3 is 1.33 bits per heavy atom. The number of unbranched alkanes of at least 4 members (excludes halogenated alkanes) is 15. The predicted octanol–water partition coefficient (Wildman–Crippen LogP) is 11.3. The summed E-state index contributed by atoms with van der Waals surface area (Å²) in [5.74, 6) is -0.939. The van der Waals surface area contributed by atoms with Crippen LogP contribution >= 0.6 is 0 Å². The van der Waals surface area contributed by atoms with E-state index in [1.165, 1.54) is 89.9 Å². The van der Waals surface area contributed by atoms with Gasteiger partial charge in [-0.05, 0) is 83.5 Å². The van der Waals surface area contributed by atoms with E-state index in [9.17, 15) is 30.0 Å². The summed E-state index contributed by atoms with van der Waals surface area (Å²) >= 11 is 0. The van der Waals surface area contributed by atoms with Crippen LogP contribution in [0.5, 0.6) is 0 Å². The van der Waals surface area contributed by atoms with Crippen LogP contribution in [0.3, 0.4) is 0 Å². The third-order valence-corrected chi connectivity index (χ3v) is 10.8. The van der Waals surface area contributed by atoms with Crippen molar-refractivity contribution < 1.29 is 49.0 Å². The lowest BCUT2D eigenvalue weighted by atomic mass is 9.99. The normalized spacial score (nSPS) is 20.3. The maximum atomic E-state index is 12.8. The summed E-state index contributed by atoms with van der Waals surface area (Å²) in [4.78, 5) is 25.4. The van der Waals surface area contributed by atoms with Gasteiger partial charge in [-0.15, -0.1) is 0 Å². The zero-order valence-electron chi connectivity index (χ0n) is 39.3. The first-order valence-electron chi connectivity index (χ1n) is 24.7. The lowest BCUT2D eigenvalue weighted by Gasteiger charge is -2.39. The molecule has 1 rings (SSSR count). The van der Waals surface area contributed by atoms with Crippen molar-refractivity contribution in [2.24, 2.45) is 0 Å². The van der Waals surface area contributed by atoms with E-state index >= 15 is 0 Å². The van der Waals surface area contributed by atoms with Gasteiger partial charge in [0.05, 0.1) is 13.2 Å². The van der Waals surface area contributed by atoms with E-state index in [1.807, 2.05) is 12.2 Å². The van der Waals surface area contributed by atoms with Gasteiger partial charge in [0, 0.05) is 12.8 Å². The molecule has 0 saturated carbocycles. The largest absolute Gasteiger partial charge is 0.462 e. The van der Waals surface area contributed by atoms with Crippen LogP contribution in [0, 0.1) is 0 Å². The lowest BCUT2D eigenvalue weighted by molar-refractivity contribution is -0.305. The molecule has 0 aromatic heterocycles. The molecule has 10 nitrogen and oxygen atoms in total. The van der Waals surface area contributed by atoms with Gasteiger partial charge in [-0.1, -0.05) is 170 Å². The van der Waals surface area contributed by atoms with E-state index in [0.717, 1.165) is 44.9 Å². The highest BCUT2D eigenvalue weighted by atomic mass is 16.7. The Labute approximate surface area is 382 Å². The molecule has 63 heavy (non-hydrogen) atoms. The van der Waals surface area contributed by atoms with Gasteiger partial charge in [0.2, 0.25) is 0 Å². The van der Waals surface area contributed by atoms with Crippen molar-refractivity contribution in [2.75, 3.05) is 19.8 Å². The van der Waals surface area contributed by atoms with Gasteiger partial charge < -0.3 is 39.4 Å². The zero-order chi connectivity index (χ0) is 45.9. The number of carbonyl (C=O) groups excluding carboxylic acids is 2. The van der Waals surface area contributed by atoms with Crippen LogP contribution in [0.25, 0.3) is 0 Å². The molecule has 1 aliphatic rings. The van der Waals surface area contributed by atoms with Crippen molar-refractivity contribution in [3.8, 4) is 0 Å². The average molecular weight is 885 g/mol. The van der Waals surface area contributed by atoms with Crippen LogP contribution in [0.1, 0.15) is 181 Å². The van der Waals surface area contributed by atoms with E-state index in [1.54, 1.807) is 0 Å². The number of allylic oxidation sites excluding steroid dienone is 14. The number of aliphatic hydroxyl groups excluding tert-OH is 4. The van der Waals surface area contributed by atoms with Crippen molar-refractivity contribution in [3.63, 3.8) is 0 Å². The average Bonchev–Trinajstić information content (AvgIpc) is 3.28. The smallest absolute Gasteiger partial charge is 0.306 e. The molecule has 1 saturated heterocycles. The van der Waals surface area contributed by atoms with Crippen LogP contribution in [0.4, 0.5) is 0 Å². The minimum absolute atomic E-state index is 0.139. The SMILES string of the molecule is CCCCCCCC/C=C/C/C=C/C/C=C/CCCC(=O)OC[C@H](CO[C@@H]1O[C@H](CO)[C@H](O)C(O)C1O)OC(=O)CCC/C=C/C/C=C/C/C=C/C/C=C/CCCCCCCCC. The summed E-state index contributed by atoms with van der Waals surface area (Å²) in [5.41, 5.74) is 0. The van der Waals surface area contributed by atoms with Gasteiger partial charge >= 0.3 is 11.9 Å². The fourth-order valence-electron chi connectivity index (χ4n) is 6.84. The highest BCUT2D eigenvalue weighted by Gasteiger charge is 2.44. The molecule has 0 radical (unpaired) electrons. The first-order valence-corrected chi connectivity index (χ1v) is 24.7. The monoisotopic (exact) mass is 885 g/mol. The van der Waals surface area contributed by atoms with Gasteiger partial charge in [0.25, 0.3) is 0 Å². The lowest BCUT2D eigenvalue weighted by Crippen LogP contribution is -2.59. The molecule has 0 bridgehead atoms. The standard InChI is InChI=1S/C53H88O10/c1-3-5-7-9-11-13-15-17-19-21-22-23-24-26-28-30-32-34-36-38-40-42-49(56)62-46(45-61-53-52(59)51(58)50(57)47(43-54)63-53)44-60-48(55)41-39-37-35-33-31-29-27-25-20-18-16-14-12-10-8-6-4-2/h18-21,23-24,27-30,33-36,46-47,50-54,57-59H,3-17,22,25-26,31-32,37-45H2,1-2H3/b20-18+,21-19+,24-23+,29-27+,30-28+,35-33+,36-34+/t46-,47-,50+,51?,52?,53-/m1/s1. The third kappa shape index (κ3) is 34.0. The molecular weight excluding hydrogens is 797 g/mol. The number of hydrogen-bond acceptors (Lipinski definition) is 10. The number of rotatable bonds is 40. The van der Waals surface area contributed by atoms with Gasteiger partial charge in [-0.25, -0.2) is 0 Å². The molecule has 1 aliphatic heterocycles. The zero-order valence-corrected chi connectivity index (χ0v) is 39.3. The van der Waals surface area contributed by atoms with E-state index in [2.05, 4.69) is 86.8 Å². The Bertz CT molecular complexity index is 1300. The summed E-state index contributed by atoms with van der Waals surface area (Å²) in [6.45, 7) is 3.30. The fraction of sp³-hybridized carbons (Fsp3) is 0.698. The Balaban J connectivity index is 2.38. The molecule has 0 aromatic rings. The molecule has 6 atom stereocenters. The first-order chi connectivity index (χ1) is 30.8. The molecule has 1 fully saturated rings. The Hall–Kier alpha value is -3.12. The second kappa shape index (κ2) is 42.8. The third-order valence-electron chi connectivity index (χ3n) is 10.8. The van der Waals surface area contributed by atoms with Gasteiger partial charge in [0.1, 0.15) is 31.0 Å². The minimum atomic E-state index is -1.62. The predicted molar refractivity (Wildman–Crippen MR) is 256 cm³/mol. The van der Waals surface area contributed by atoms with E-state index in [0.29, 0.717) is 19.3 Å². The number of ether oxygens (including phenoxy) is 4. The van der Waals surface area contributed by atoms with Gasteiger partial charge in [0.15, 0.2) is 12.4 Å². The van der Waals surface area contributed by atoms with Gasteiger partial charge in [-0.3, -0.25) is 9.59 Å². The molecule has 0 spiro atoms. The summed E-state index contributed by atoms with van der Waals surface area (Å²) in [7, 11) is 0. The molecule has 1 heterocycles. The number of carbonyl (C=O) groups is 2. The molecule has 0 aromatic carbocycles. The summed E-state index contributed by atoms with van der Waals surface area (Å²) in [6, 6.07) is 0. The Morgan fingerprint density at radius 1 is 0.492 bits per heavy atom. The second-order valence-electron chi connectivity index (χ2n) is 16.6. The highest BCUT2D eigenvalue weighted by molar-refractivity contribution is 5.70. The van der Waals surface area contributed by atoms with Crippen LogP contribution in [0.15, 0.2) is 85.1 Å². The van der Waals surface area contributed by atoms with Crippen molar-refractivity contribution in [1.82, 2.24) is 0 Å². The van der Waals surface area contributed by atoms with Crippen molar-refractivity contribution >= 4 is 11.9 Å². The van der Waals surface area contributed by atoms with Crippen LogP contribution < -0.4 is 0 Å².